The highest BCUT2D eigenvalue weighted by atomic mass is 127. The number of hydrogen-bond donors (Lipinski definition) is 2. The maximum atomic E-state index is 12.1. The van der Waals surface area contributed by atoms with Crippen molar-refractivity contribution in [3.8, 4) is 5.75 Å². The summed E-state index contributed by atoms with van der Waals surface area (Å²) < 4.78 is 1.82. The minimum atomic E-state index is -0.327. The number of carbonyl (C=O) groups excluding carboxylic acids is 1. The number of phenols is 1. The fraction of sp³-hybridized carbons (Fsp3) is 0.0714. The molecule has 0 unspecified atom stereocenters. The summed E-state index contributed by atoms with van der Waals surface area (Å²) in [6, 6.07) is 10.5. The first-order chi connectivity index (χ1) is 8.97. The molecule has 0 saturated carbocycles. The Balaban J connectivity index is 2.25. The Morgan fingerprint density at radius 1 is 1.26 bits per heavy atom. The molecule has 0 spiro atoms. The number of carbonyl (C=O) groups is 1. The molecule has 2 aromatic carbocycles. The van der Waals surface area contributed by atoms with Gasteiger partial charge in [0.25, 0.3) is 5.91 Å². The van der Waals surface area contributed by atoms with Crippen LogP contribution in [0.1, 0.15) is 15.9 Å². The van der Waals surface area contributed by atoms with Crippen LogP contribution in [0, 0.1) is 10.5 Å². The number of phenolic OH excluding ortho intramolecular Hbond substituents is 1. The number of halogens is 2. The van der Waals surface area contributed by atoms with Gasteiger partial charge in [0, 0.05) is 13.7 Å². The smallest absolute Gasteiger partial charge is 0.259 e. The fourth-order valence-corrected chi connectivity index (χ4v) is 2.43. The van der Waals surface area contributed by atoms with Crippen molar-refractivity contribution in [2.75, 3.05) is 5.32 Å². The summed E-state index contributed by atoms with van der Waals surface area (Å²) in [6.45, 7) is 1.97. The van der Waals surface area contributed by atoms with Crippen molar-refractivity contribution in [3.05, 3.63) is 55.6 Å². The maximum Gasteiger partial charge on any atom is 0.259 e. The maximum absolute atomic E-state index is 12.1. The van der Waals surface area contributed by atoms with Gasteiger partial charge < -0.3 is 10.4 Å². The van der Waals surface area contributed by atoms with Gasteiger partial charge in [0.1, 0.15) is 5.75 Å². The predicted molar refractivity (Wildman–Crippen MR) is 87.7 cm³/mol. The molecule has 0 bridgehead atoms. The standard InChI is InChI=1S/C14H11BrINO2/c1-8-2-4-10(7-12(8)15)17-14(19)11-6-9(16)3-5-13(11)18/h2-7,18H,1H3,(H,17,19). The number of aryl methyl sites for hydroxylation is 1. The number of hydrogen-bond acceptors (Lipinski definition) is 2. The van der Waals surface area contributed by atoms with E-state index < -0.39 is 0 Å². The monoisotopic (exact) mass is 431 g/mol. The van der Waals surface area contributed by atoms with E-state index in [2.05, 4.69) is 43.8 Å². The molecule has 0 radical (unpaired) electrons. The highest BCUT2D eigenvalue weighted by Crippen LogP contribution is 2.23. The van der Waals surface area contributed by atoms with Crippen molar-refractivity contribution < 1.29 is 9.90 Å². The van der Waals surface area contributed by atoms with Gasteiger partial charge in [-0.05, 0) is 65.4 Å². The minimum absolute atomic E-state index is 0.0240. The van der Waals surface area contributed by atoms with Crippen LogP contribution in [-0.4, -0.2) is 11.0 Å². The number of amides is 1. The Labute approximate surface area is 133 Å². The van der Waals surface area contributed by atoms with Gasteiger partial charge in [0.05, 0.1) is 5.56 Å². The van der Waals surface area contributed by atoms with Gasteiger partial charge in [0.2, 0.25) is 0 Å². The van der Waals surface area contributed by atoms with Crippen molar-refractivity contribution in [1.29, 1.82) is 0 Å². The molecule has 0 atom stereocenters. The van der Waals surface area contributed by atoms with Crippen LogP contribution in [-0.2, 0) is 0 Å². The van der Waals surface area contributed by atoms with Crippen molar-refractivity contribution in [3.63, 3.8) is 0 Å². The van der Waals surface area contributed by atoms with Crippen LogP contribution >= 0.6 is 38.5 Å². The second kappa shape index (κ2) is 5.92. The van der Waals surface area contributed by atoms with Crippen molar-refractivity contribution >= 4 is 50.1 Å². The van der Waals surface area contributed by atoms with E-state index in [-0.39, 0.29) is 17.2 Å². The first-order valence-electron chi connectivity index (χ1n) is 5.53. The van der Waals surface area contributed by atoms with Crippen LogP contribution in [0.25, 0.3) is 0 Å². The van der Waals surface area contributed by atoms with Gasteiger partial charge in [-0.25, -0.2) is 0 Å². The van der Waals surface area contributed by atoms with Crippen molar-refractivity contribution in [2.45, 2.75) is 6.92 Å². The van der Waals surface area contributed by atoms with Gasteiger partial charge in [-0.1, -0.05) is 22.0 Å². The topological polar surface area (TPSA) is 49.3 Å². The van der Waals surface area contributed by atoms with E-state index in [1.165, 1.54) is 6.07 Å². The van der Waals surface area contributed by atoms with Crippen molar-refractivity contribution in [2.24, 2.45) is 0 Å². The first-order valence-corrected chi connectivity index (χ1v) is 7.40. The van der Waals surface area contributed by atoms with Crippen LogP contribution in [0.3, 0.4) is 0 Å². The molecule has 98 valence electrons. The third kappa shape index (κ3) is 3.48. The van der Waals surface area contributed by atoms with Gasteiger partial charge in [-0.2, -0.15) is 0 Å². The van der Waals surface area contributed by atoms with E-state index in [1.807, 2.05) is 25.1 Å². The van der Waals surface area contributed by atoms with E-state index >= 15 is 0 Å². The van der Waals surface area contributed by atoms with Gasteiger partial charge in [0.15, 0.2) is 0 Å². The van der Waals surface area contributed by atoms with Crippen LogP contribution in [0.4, 0.5) is 5.69 Å². The van der Waals surface area contributed by atoms with E-state index in [1.54, 1.807) is 12.1 Å². The minimum Gasteiger partial charge on any atom is -0.507 e. The molecule has 0 heterocycles. The van der Waals surface area contributed by atoms with Gasteiger partial charge in [-0.3, -0.25) is 4.79 Å². The summed E-state index contributed by atoms with van der Waals surface area (Å²) in [5.41, 5.74) is 2.04. The lowest BCUT2D eigenvalue weighted by molar-refractivity contribution is 0.102. The summed E-state index contributed by atoms with van der Waals surface area (Å²) >= 11 is 5.51. The summed E-state index contributed by atoms with van der Waals surface area (Å²) in [6.07, 6.45) is 0. The first kappa shape index (κ1) is 14.3. The average Bonchev–Trinajstić information content (AvgIpc) is 2.36. The summed E-state index contributed by atoms with van der Waals surface area (Å²) in [7, 11) is 0. The molecule has 5 heteroatoms. The second-order valence-electron chi connectivity index (χ2n) is 4.08. The number of rotatable bonds is 2. The van der Waals surface area contributed by atoms with Crippen LogP contribution in [0.2, 0.25) is 0 Å². The molecule has 0 aromatic heterocycles. The van der Waals surface area contributed by atoms with Crippen molar-refractivity contribution in [1.82, 2.24) is 0 Å². The zero-order chi connectivity index (χ0) is 14.0. The van der Waals surface area contributed by atoms with Gasteiger partial charge in [-0.15, -0.1) is 0 Å². The molecule has 19 heavy (non-hydrogen) atoms. The van der Waals surface area contributed by atoms with Gasteiger partial charge >= 0.3 is 0 Å². The lowest BCUT2D eigenvalue weighted by Crippen LogP contribution is -2.12. The average molecular weight is 432 g/mol. The molecule has 2 N–H and O–H groups in total. The largest absolute Gasteiger partial charge is 0.507 e. The predicted octanol–water partition coefficient (Wildman–Crippen LogP) is 4.32. The molecule has 0 fully saturated rings. The molecule has 2 rings (SSSR count). The van der Waals surface area contributed by atoms with E-state index in [4.69, 9.17) is 0 Å². The molecule has 2 aromatic rings. The number of aromatic hydroxyl groups is 1. The highest BCUT2D eigenvalue weighted by Gasteiger charge is 2.12. The Bertz CT molecular complexity index is 643. The lowest BCUT2D eigenvalue weighted by Gasteiger charge is -2.08. The Kier molecular flexibility index (Phi) is 4.46. The zero-order valence-electron chi connectivity index (χ0n) is 10.1. The molecular formula is C14H11BrINO2. The highest BCUT2D eigenvalue weighted by molar-refractivity contribution is 14.1. The normalized spacial score (nSPS) is 10.3. The number of nitrogens with one attached hydrogen (secondary N) is 1. The summed E-state index contributed by atoms with van der Waals surface area (Å²) in [5.74, 6) is -0.351. The number of anilines is 1. The third-order valence-corrected chi connectivity index (χ3v) is 4.16. The molecule has 0 aliphatic heterocycles. The molecule has 1 amide bonds. The lowest BCUT2D eigenvalue weighted by atomic mass is 10.1. The van der Waals surface area contributed by atoms with E-state index in [0.29, 0.717) is 5.69 Å². The molecular weight excluding hydrogens is 421 g/mol. The summed E-state index contributed by atoms with van der Waals surface area (Å²) in [5, 5.41) is 12.5. The molecule has 0 aliphatic rings. The molecule has 0 saturated heterocycles. The molecule has 3 nitrogen and oxygen atoms in total. The van der Waals surface area contributed by atoms with E-state index in [9.17, 15) is 9.90 Å². The Hall–Kier alpha value is -1.08. The second-order valence-corrected chi connectivity index (χ2v) is 6.18. The van der Waals surface area contributed by atoms with Crippen LogP contribution in [0.5, 0.6) is 5.75 Å². The summed E-state index contributed by atoms with van der Waals surface area (Å²) in [4.78, 5) is 12.1. The fourth-order valence-electron chi connectivity index (χ4n) is 1.56. The zero-order valence-corrected chi connectivity index (χ0v) is 13.8. The quantitative estimate of drug-likeness (QED) is 0.695. The van der Waals surface area contributed by atoms with E-state index in [0.717, 1.165) is 13.6 Å². The Morgan fingerprint density at radius 3 is 2.68 bits per heavy atom. The Morgan fingerprint density at radius 2 is 2.00 bits per heavy atom. The van der Waals surface area contributed by atoms with Crippen LogP contribution in [0.15, 0.2) is 40.9 Å². The molecule has 0 aliphatic carbocycles. The SMILES string of the molecule is Cc1ccc(NC(=O)c2cc(I)ccc2O)cc1Br. The number of benzene rings is 2. The third-order valence-electron chi connectivity index (χ3n) is 2.63. The van der Waals surface area contributed by atoms with Crippen LogP contribution < -0.4 is 5.32 Å².